The molecule has 134 valence electrons. The number of benzene rings is 1. The Kier molecular flexibility index (Phi) is 8.57. The Morgan fingerprint density at radius 3 is 2.42 bits per heavy atom. The summed E-state index contributed by atoms with van der Waals surface area (Å²) in [6.07, 6.45) is 1.96. The van der Waals surface area contributed by atoms with Gasteiger partial charge < -0.3 is 10.2 Å². The van der Waals surface area contributed by atoms with E-state index in [1.165, 1.54) is 0 Å². The second-order valence-corrected chi connectivity index (χ2v) is 6.84. The lowest BCUT2D eigenvalue weighted by Gasteiger charge is -2.30. The minimum Gasteiger partial charge on any atom is -0.352 e. The molecule has 24 heavy (non-hydrogen) atoms. The van der Waals surface area contributed by atoms with Crippen molar-refractivity contribution in [1.29, 1.82) is 0 Å². The maximum absolute atomic E-state index is 12.5. The second-order valence-electron chi connectivity index (χ2n) is 6.00. The minimum absolute atomic E-state index is 0.0599. The molecule has 0 radical (unpaired) electrons. The van der Waals surface area contributed by atoms with Gasteiger partial charge in [-0.1, -0.05) is 43.1 Å². The van der Waals surface area contributed by atoms with Crippen LogP contribution in [0.3, 0.4) is 0 Å². The summed E-state index contributed by atoms with van der Waals surface area (Å²) in [4.78, 5) is 26.5. The number of amides is 2. The van der Waals surface area contributed by atoms with E-state index in [1.54, 1.807) is 30.0 Å². The summed E-state index contributed by atoms with van der Waals surface area (Å²) in [7, 11) is 0. The molecule has 0 saturated heterocycles. The lowest BCUT2D eigenvalue weighted by atomic mass is 10.1. The zero-order valence-corrected chi connectivity index (χ0v) is 16.2. The molecule has 1 aromatic rings. The van der Waals surface area contributed by atoms with E-state index in [1.807, 2.05) is 20.8 Å². The van der Waals surface area contributed by atoms with Crippen LogP contribution in [0.4, 0.5) is 0 Å². The molecular formula is C18H26Cl2N2O2. The first-order chi connectivity index (χ1) is 11.3. The molecule has 0 unspecified atom stereocenters. The summed E-state index contributed by atoms with van der Waals surface area (Å²) in [6, 6.07) is 4.67. The second kappa shape index (κ2) is 9.90. The highest BCUT2D eigenvalue weighted by atomic mass is 35.5. The lowest BCUT2D eigenvalue weighted by molar-refractivity contribution is -0.140. The van der Waals surface area contributed by atoms with Gasteiger partial charge in [-0.2, -0.15) is 0 Å². The summed E-state index contributed by atoms with van der Waals surface area (Å²) in [6.45, 7) is 7.91. The van der Waals surface area contributed by atoms with Gasteiger partial charge in [-0.15, -0.1) is 0 Å². The van der Waals surface area contributed by atoms with E-state index in [4.69, 9.17) is 23.2 Å². The van der Waals surface area contributed by atoms with Crippen LogP contribution in [0.15, 0.2) is 18.2 Å². The molecule has 1 aromatic carbocycles. The zero-order chi connectivity index (χ0) is 18.3. The summed E-state index contributed by atoms with van der Waals surface area (Å²) in [5.41, 5.74) is 0.772. The van der Waals surface area contributed by atoms with Crippen molar-refractivity contribution in [3.05, 3.63) is 33.8 Å². The average Bonchev–Trinajstić information content (AvgIpc) is 2.53. The standard InChI is InChI=1S/C18H26Cl2N2O2/c1-5-7-17(23)22(13(4)18(24)21-12(3)6-2)11-14-8-9-15(19)10-16(14)20/h8-10,12-13H,5-7,11H2,1-4H3,(H,21,24)/t12-,13+/m1/s1. The van der Waals surface area contributed by atoms with Crippen LogP contribution in [0.5, 0.6) is 0 Å². The maximum atomic E-state index is 12.5. The van der Waals surface area contributed by atoms with Gasteiger partial charge in [-0.05, 0) is 44.4 Å². The summed E-state index contributed by atoms with van der Waals surface area (Å²) >= 11 is 12.1. The monoisotopic (exact) mass is 372 g/mol. The van der Waals surface area contributed by atoms with E-state index in [0.717, 1.165) is 18.4 Å². The molecule has 0 saturated carbocycles. The molecule has 2 atom stereocenters. The number of carbonyl (C=O) groups excluding carboxylic acids is 2. The fraction of sp³-hybridized carbons (Fsp3) is 0.556. The van der Waals surface area contributed by atoms with Crippen LogP contribution in [-0.4, -0.2) is 28.8 Å². The third-order valence-corrected chi connectivity index (χ3v) is 4.57. The van der Waals surface area contributed by atoms with Gasteiger partial charge in [0.1, 0.15) is 6.04 Å². The number of rotatable bonds is 8. The minimum atomic E-state index is -0.565. The van der Waals surface area contributed by atoms with Crippen molar-refractivity contribution >= 4 is 35.0 Å². The predicted octanol–water partition coefficient (Wildman–Crippen LogP) is 4.43. The molecule has 1 N–H and O–H groups in total. The van der Waals surface area contributed by atoms with Gasteiger partial charge in [0.2, 0.25) is 11.8 Å². The van der Waals surface area contributed by atoms with E-state index < -0.39 is 6.04 Å². The first-order valence-corrected chi connectivity index (χ1v) is 9.09. The number of hydrogen-bond acceptors (Lipinski definition) is 2. The average molecular weight is 373 g/mol. The topological polar surface area (TPSA) is 49.4 Å². The number of nitrogens with zero attached hydrogens (tertiary/aromatic N) is 1. The van der Waals surface area contributed by atoms with Crippen molar-refractivity contribution in [2.75, 3.05) is 0 Å². The Balaban J connectivity index is 2.98. The fourth-order valence-corrected chi connectivity index (χ4v) is 2.71. The van der Waals surface area contributed by atoms with Crippen molar-refractivity contribution in [3.8, 4) is 0 Å². The Morgan fingerprint density at radius 2 is 1.88 bits per heavy atom. The summed E-state index contributed by atoms with van der Waals surface area (Å²) in [5, 5.41) is 3.96. The lowest BCUT2D eigenvalue weighted by Crippen LogP contribution is -2.49. The van der Waals surface area contributed by atoms with E-state index in [0.29, 0.717) is 16.5 Å². The van der Waals surface area contributed by atoms with Gasteiger partial charge in [0.25, 0.3) is 0 Å². The smallest absolute Gasteiger partial charge is 0.242 e. The van der Waals surface area contributed by atoms with Crippen molar-refractivity contribution < 1.29 is 9.59 Å². The molecule has 0 aliphatic heterocycles. The number of halogens is 2. The normalized spacial score (nSPS) is 13.2. The number of nitrogens with one attached hydrogen (secondary N) is 1. The molecule has 0 bridgehead atoms. The molecular weight excluding hydrogens is 347 g/mol. The largest absolute Gasteiger partial charge is 0.352 e. The molecule has 6 heteroatoms. The van der Waals surface area contributed by atoms with Crippen LogP contribution in [0, 0.1) is 0 Å². The molecule has 2 amide bonds. The summed E-state index contributed by atoms with van der Waals surface area (Å²) < 4.78 is 0. The van der Waals surface area contributed by atoms with Crippen molar-refractivity contribution in [1.82, 2.24) is 10.2 Å². The van der Waals surface area contributed by atoms with Gasteiger partial charge in [0.15, 0.2) is 0 Å². The Hall–Kier alpha value is -1.26. The van der Waals surface area contributed by atoms with E-state index in [9.17, 15) is 9.59 Å². The molecule has 4 nitrogen and oxygen atoms in total. The van der Waals surface area contributed by atoms with Crippen LogP contribution >= 0.6 is 23.2 Å². The molecule has 1 rings (SSSR count). The van der Waals surface area contributed by atoms with Crippen LogP contribution in [0.25, 0.3) is 0 Å². The Morgan fingerprint density at radius 1 is 1.21 bits per heavy atom. The van der Waals surface area contributed by atoms with Crippen molar-refractivity contribution in [2.45, 2.75) is 65.6 Å². The molecule has 0 heterocycles. The highest BCUT2D eigenvalue weighted by Crippen LogP contribution is 2.23. The van der Waals surface area contributed by atoms with Crippen molar-refractivity contribution in [2.24, 2.45) is 0 Å². The maximum Gasteiger partial charge on any atom is 0.242 e. The number of hydrogen-bond donors (Lipinski definition) is 1. The third-order valence-electron chi connectivity index (χ3n) is 3.99. The van der Waals surface area contributed by atoms with Gasteiger partial charge in [-0.3, -0.25) is 9.59 Å². The highest BCUT2D eigenvalue weighted by Gasteiger charge is 2.26. The molecule has 0 aliphatic rings. The van der Waals surface area contributed by atoms with E-state index in [2.05, 4.69) is 5.32 Å². The predicted molar refractivity (Wildman–Crippen MR) is 99.3 cm³/mol. The number of carbonyl (C=O) groups is 2. The van der Waals surface area contributed by atoms with E-state index >= 15 is 0 Å². The fourth-order valence-electron chi connectivity index (χ4n) is 2.24. The van der Waals surface area contributed by atoms with Crippen LogP contribution in [0.2, 0.25) is 10.0 Å². The van der Waals surface area contributed by atoms with Gasteiger partial charge in [0.05, 0.1) is 0 Å². The Bertz CT molecular complexity index is 578. The van der Waals surface area contributed by atoms with E-state index in [-0.39, 0.29) is 24.4 Å². The van der Waals surface area contributed by atoms with Crippen LogP contribution in [-0.2, 0) is 16.1 Å². The first kappa shape index (κ1) is 20.8. The van der Waals surface area contributed by atoms with Crippen molar-refractivity contribution in [3.63, 3.8) is 0 Å². The molecule has 0 fully saturated rings. The quantitative estimate of drug-likeness (QED) is 0.733. The Labute approximate surface area is 154 Å². The van der Waals surface area contributed by atoms with Crippen LogP contribution < -0.4 is 5.32 Å². The van der Waals surface area contributed by atoms with Gasteiger partial charge in [0, 0.05) is 29.1 Å². The molecule has 0 aromatic heterocycles. The zero-order valence-electron chi connectivity index (χ0n) is 14.7. The summed E-state index contributed by atoms with van der Waals surface area (Å²) in [5.74, 6) is -0.214. The highest BCUT2D eigenvalue weighted by molar-refractivity contribution is 6.35. The third kappa shape index (κ3) is 5.99. The first-order valence-electron chi connectivity index (χ1n) is 8.33. The molecule has 0 aliphatic carbocycles. The van der Waals surface area contributed by atoms with Gasteiger partial charge in [-0.25, -0.2) is 0 Å². The van der Waals surface area contributed by atoms with Gasteiger partial charge >= 0.3 is 0 Å². The van der Waals surface area contributed by atoms with Crippen LogP contribution in [0.1, 0.15) is 52.5 Å². The SMILES string of the molecule is CCCC(=O)N(Cc1ccc(Cl)cc1Cl)[C@@H](C)C(=O)N[C@H](C)CC. The molecule has 0 spiro atoms.